The summed E-state index contributed by atoms with van der Waals surface area (Å²) in [6.45, 7) is 2.15. The second-order valence-corrected chi connectivity index (χ2v) is 6.60. The van der Waals surface area contributed by atoms with Gasteiger partial charge in [-0.2, -0.15) is 4.99 Å². The molecule has 4 heteroatoms. The smallest absolute Gasteiger partial charge is 0.248 e. The second-order valence-electron chi connectivity index (χ2n) is 5.59. The number of benzene rings is 2. The van der Waals surface area contributed by atoms with Gasteiger partial charge in [-0.1, -0.05) is 54.7 Å². The minimum absolute atomic E-state index is 0.0632. The van der Waals surface area contributed by atoms with Gasteiger partial charge in [0, 0.05) is 13.5 Å². The molecule has 0 aliphatic carbocycles. The maximum absolute atomic E-state index is 12.2. The SMILES string of the molecule is CCc1ccc2c(c1)sc(=NC(=O)CCc1ccccc1)n2C. The Morgan fingerprint density at radius 1 is 1.13 bits per heavy atom. The van der Waals surface area contributed by atoms with Gasteiger partial charge in [0.15, 0.2) is 4.80 Å². The molecule has 1 heterocycles. The number of carbonyl (C=O) groups is 1. The number of nitrogens with zero attached hydrogens (tertiary/aromatic N) is 2. The minimum atomic E-state index is -0.0632. The zero-order valence-electron chi connectivity index (χ0n) is 13.5. The van der Waals surface area contributed by atoms with Crippen molar-refractivity contribution in [1.82, 2.24) is 4.57 Å². The zero-order chi connectivity index (χ0) is 16.2. The van der Waals surface area contributed by atoms with Crippen molar-refractivity contribution in [3.05, 3.63) is 64.5 Å². The van der Waals surface area contributed by atoms with E-state index in [1.54, 1.807) is 11.3 Å². The lowest BCUT2D eigenvalue weighted by Crippen LogP contribution is -2.13. The largest absolute Gasteiger partial charge is 0.319 e. The Morgan fingerprint density at radius 2 is 1.91 bits per heavy atom. The molecule has 3 aromatic rings. The summed E-state index contributed by atoms with van der Waals surface area (Å²) in [6.07, 6.45) is 2.19. The van der Waals surface area contributed by atoms with Crippen molar-refractivity contribution in [1.29, 1.82) is 0 Å². The summed E-state index contributed by atoms with van der Waals surface area (Å²) in [5.74, 6) is -0.0632. The van der Waals surface area contributed by atoms with E-state index in [2.05, 4.69) is 30.1 Å². The number of amides is 1. The van der Waals surface area contributed by atoms with Gasteiger partial charge >= 0.3 is 0 Å². The first-order valence-electron chi connectivity index (χ1n) is 7.87. The lowest BCUT2D eigenvalue weighted by Gasteiger charge is -1.98. The molecular formula is C19H20N2OS. The minimum Gasteiger partial charge on any atom is -0.319 e. The maximum Gasteiger partial charge on any atom is 0.248 e. The molecule has 118 valence electrons. The fraction of sp³-hybridized carbons (Fsp3) is 0.263. The summed E-state index contributed by atoms with van der Waals surface area (Å²) < 4.78 is 3.18. The quantitative estimate of drug-likeness (QED) is 0.717. The lowest BCUT2D eigenvalue weighted by molar-refractivity contribution is -0.118. The predicted molar refractivity (Wildman–Crippen MR) is 95.5 cm³/mol. The molecular weight excluding hydrogens is 304 g/mol. The highest BCUT2D eigenvalue weighted by atomic mass is 32.1. The Labute approximate surface area is 139 Å². The molecule has 3 nitrogen and oxygen atoms in total. The van der Waals surface area contributed by atoms with E-state index in [-0.39, 0.29) is 5.91 Å². The normalized spacial score (nSPS) is 12.0. The van der Waals surface area contributed by atoms with Gasteiger partial charge in [0.05, 0.1) is 10.2 Å². The number of hydrogen-bond acceptors (Lipinski definition) is 2. The Balaban J connectivity index is 1.82. The van der Waals surface area contributed by atoms with Gasteiger partial charge in [-0.3, -0.25) is 4.79 Å². The van der Waals surface area contributed by atoms with E-state index in [9.17, 15) is 4.79 Å². The summed E-state index contributed by atoms with van der Waals surface area (Å²) in [7, 11) is 1.97. The first-order chi connectivity index (χ1) is 11.2. The van der Waals surface area contributed by atoms with Gasteiger partial charge in [-0.05, 0) is 36.1 Å². The monoisotopic (exact) mass is 324 g/mol. The number of rotatable bonds is 4. The topological polar surface area (TPSA) is 34.4 Å². The number of aromatic nitrogens is 1. The molecule has 0 spiro atoms. The molecule has 0 bridgehead atoms. The molecule has 0 saturated carbocycles. The average molecular weight is 324 g/mol. The van der Waals surface area contributed by atoms with E-state index >= 15 is 0 Å². The molecule has 0 fully saturated rings. The molecule has 0 radical (unpaired) electrons. The fourth-order valence-electron chi connectivity index (χ4n) is 2.56. The lowest BCUT2D eigenvalue weighted by atomic mass is 10.1. The average Bonchev–Trinajstić information content (AvgIpc) is 2.89. The van der Waals surface area contributed by atoms with Gasteiger partial charge in [-0.15, -0.1) is 0 Å². The molecule has 1 aromatic heterocycles. The third-order valence-electron chi connectivity index (χ3n) is 3.97. The molecule has 1 amide bonds. The van der Waals surface area contributed by atoms with Gasteiger partial charge in [0.1, 0.15) is 0 Å². The second kappa shape index (κ2) is 6.92. The van der Waals surface area contributed by atoms with Crippen LogP contribution in [0.25, 0.3) is 10.2 Å². The van der Waals surface area contributed by atoms with Crippen LogP contribution in [-0.4, -0.2) is 10.5 Å². The van der Waals surface area contributed by atoms with E-state index in [0.29, 0.717) is 6.42 Å². The molecule has 3 rings (SSSR count). The van der Waals surface area contributed by atoms with Gasteiger partial charge in [0.25, 0.3) is 0 Å². The Hall–Kier alpha value is -2.20. The standard InChI is InChI=1S/C19H20N2OS/c1-3-14-9-11-16-17(13-14)23-19(21(16)2)20-18(22)12-10-15-7-5-4-6-8-15/h4-9,11,13H,3,10,12H2,1-2H3. The number of carbonyl (C=O) groups excluding carboxylic acids is 1. The van der Waals surface area contributed by atoms with Crippen molar-refractivity contribution in [3.63, 3.8) is 0 Å². The Morgan fingerprint density at radius 3 is 2.65 bits per heavy atom. The van der Waals surface area contributed by atoms with Crippen molar-refractivity contribution in [3.8, 4) is 0 Å². The van der Waals surface area contributed by atoms with Crippen LogP contribution in [0.4, 0.5) is 0 Å². The third-order valence-corrected chi connectivity index (χ3v) is 5.07. The van der Waals surface area contributed by atoms with E-state index in [1.807, 2.05) is 41.9 Å². The molecule has 0 aliphatic rings. The molecule has 0 atom stereocenters. The van der Waals surface area contributed by atoms with Crippen molar-refractivity contribution in [2.75, 3.05) is 0 Å². The number of hydrogen-bond donors (Lipinski definition) is 0. The van der Waals surface area contributed by atoms with Crippen LogP contribution in [0.1, 0.15) is 24.5 Å². The van der Waals surface area contributed by atoms with Gasteiger partial charge < -0.3 is 4.57 Å². The zero-order valence-corrected chi connectivity index (χ0v) is 14.3. The van der Waals surface area contributed by atoms with Gasteiger partial charge in [-0.25, -0.2) is 0 Å². The van der Waals surface area contributed by atoms with Crippen LogP contribution in [-0.2, 0) is 24.7 Å². The Bertz CT molecular complexity index is 891. The van der Waals surface area contributed by atoms with E-state index in [0.717, 1.165) is 23.2 Å². The van der Waals surface area contributed by atoms with Crippen LogP contribution in [0.15, 0.2) is 53.5 Å². The number of thiazole rings is 1. The van der Waals surface area contributed by atoms with E-state index in [4.69, 9.17) is 0 Å². The highest BCUT2D eigenvalue weighted by molar-refractivity contribution is 7.16. The summed E-state index contributed by atoms with van der Waals surface area (Å²) in [6, 6.07) is 16.5. The first kappa shape index (κ1) is 15.7. The number of aryl methyl sites for hydroxylation is 3. The van der Waals surface area contributed by atoms with Crippen molar-refractivity contribution >= 4 is 27.5 Å². The molecule has 0 aliphatic heterocycles. The summed E-state index contributed by atoms with van der Waals surface area (Å²) >= 11 is 1.58. The van der Waals surface area contributed by atoms with E-state index in [1.165, 1.54) is 15.8 Å². The third kappa shape index (κ3) is 3.59. The van der Waals surface area contributed by atoms with Crippen LogP contribution in [0.5, 0.6) is 0 Å². The van der Waals surface area contributed by atoms with Crippen LogP contribution in [0, 0.1) is 0 Å². The predicted octanol–water partition coefficient (Wildman–Crippen LogP) is 3.86. The van der Waals surface area contributed by atoms with Crippen LogP contribution in [0.2, 0.25) is 0 Å². The highest BCUT2D eigenvalue weighted by Crippen LogP contribution is 2.18. The van der Waals surface area contributed by atoms with Gasteiger partial charge in [0.2, 0.25) is 5.91 Å². The fourth-order valence-corrected chi connectivity index (χ4v) is 3.66. The molecule has 0 N–H and O–H groups in total. The van der Waals surface area contributed by atoms with Crippen LogP contribution >= 0.6 is 11.3 Å². The summed E-state index contributed by atoms with van der Waals surface area (Å²) in [5.41, 5.74) is 3.60. The van der Waals surface area contributed by atoms with Crippen LogP contribution < -0.4 is 4.80 Å². The molecule has 23 heavy (non-hydrogen) atoms. The maximum atomic E-state index is 12.2. The van der Waals surface area contributed by atoms with Crippen molar-refractivity contribution in [2.45, 2.75) is 26.2 Å². The molecule has 0 unspecified atom stereocenters. The Kier molecular flexibility index (Phi) is 4.72. The van der Waals surface area contributed by atoms with Crippen molar-refractivity contribution in [2.24, 2.45) is 12.0 Å². The molecule has 2 aromatic carbocycles. The summed E-state index contributed by atoms with van der Waals surface area (Å²) in [4.78, 5) is 17.2. The van der Waals surface area contributed by atoms with Crippen LogP contribution in [0.3, 0.4) is 0 Å². The number of fused-ring (bicyclic) bond motifs is 1. The summed E-state index contributed by atoms with van der Waals surface area (Å²) in [5, 5.41) is 0. The molecule has 0 saturated heterocycles. The van der Waals surface area contributed by atoms with E-state index < -0.39 is 0 Å². The highest BCUT2D eigenvalue weighted by Gasteiger charge is 2.06. The van der Waals surface area contributed by atoms with Crippen molar-refractivity contribution < 1.29 is 4.79 Å². The first-order valence-corrected chi connectivity index (χ1v) is 8.69.